The summed E-state index contributed by atoms with van der Waals surface area (Å²) in [6, 6.07) is 9.21. The maximum atomic E-state index is 14.6. The van der Waals surface area contributed by atoms with Crippen molar-refractivity contribution in [3.05, 3.63) is 52.8 Å². The third kappa shape index (κ3) is 4.66. The Bertz CT molecular complexity index is 1240. The first-order chi connectivity index (χ1) is 18.4. The number of rotatable bonds is 3. The Morgan fingerprint density at radius 3 is 2.63 bits per heavy atom. The Labute approximate surface area is 226 Å². The summed E-state index contributed by atoms with van der Waals surface area (Å²) in [6.45, 7) is 3.92. The van der Waals surface area contributed by atoms with Gasteiger partial charge in [0.1, 0.15) is 12.0 Å². The molecule has 0 bridgehead atoms. The molecule has 3 N–H and O–H groups in total. The Morgan fingerprint density at radius 1 is 1.03 bits per heavy atom. The molecule has 4 aliphatic rings. The fourth-order valence-electron chi connectivity index (χ4n) is 6.52. The van der Waals surface area contributed by atoms with Crippen LogP contribution in [0.2, 0.25) is 5.02 Å². The van der Waals surface area contributed by atoms with Crippen molar-refractivity contribution in [2.24, 2.45) is 0 Å². The van der Waals surface area contributed by atoms with E-state index < -0.39 is 18.1 Å². The molecule has 3 saturated heterocycles. The molecule has 2 aromatic rings. The molecule has 2 amide bonds. The third-order valence-electron chi connectivity index (χ3n) is 8.51. The van der Waals surface area contributed by atoms with E-state index in [1.54, 1.807) is 35.2 Å². The highest BCUT2D eigenvalue weighted by atomic mass is 35.5. The van der Waals surface area contributed by atoms with Gasteiger partial charge < -0.3 is 25.5 Å². The van der Waals surface area contributed by atoms with Crippen molar-refractivity contribution in [2.45, 2.75) is 50.0 Å². The maximum absolute atomic E-state index is 14.6. The summed E-state index contributed by atoms with van der Waals surface area (Å²) in [4.78, 5) is 33.2. The molecule has 2 aromatic carbocycles. The molecule has 10 heteroatoms. The van der Waals surface area contributed by atoms with E-state index in [-0.39, 0.29) is 24.4 Å². The van der Waals surface area contributed by atoms with Crippen LogP contribution in [0.4, 0.5) is 10.1 Å². The van der Waals surface area contributed by atoms with Crippen LogP contribution in [0.1, 0.15) is 36.0 Å². The first-order valence-corrected chi connectivity index (χ1v) is 13.9. The number of nitrogens with one attached hydrogen (secondary N) is 2. The number of piperidine rings is 1. The van der Waals surface area contributed by atoms with Crippen molar-refractivity contribution in [3.8, 4) is 11.1 Å². The van der Waals surface area contributed by atoms with E-state index in [9.17, 15) is 19.1 Å². The fourth-order valence-corrected chi connectivity index (χ4v) is 6.68. The van der Waals surface area contributed by atoms with E-state index in [4.69, 9.17) is 11.6 Å². The second-order valence-electron chi connectivity index (χ2n) is 10.7. The minimum Gasteiger partial charge on any atom is -0.372 e. The number of amides is 2. The second kappa shape index (κ2) is 10.4. The van der Waals surface area contributed by atoms with Crippen LogP contribution in [0.3, 0.4) is 0 Å². The van der Waals surface area contributed by atoms with Gasteiger partial charge in [-0.15, -0.1) is 0 Å². The van der Waals surface area contributed by atoms with Crippen LogP contribution >= 0.6 is 11.6 Å². The molecule has 0 spiro atoms. The van der Waals surface area contributed by atoms with Crippen molar-refractivity contribution in [1.82, 2.24) is 20.0 Å². The molecule has 4 aliphatic heterocycles. The standard InChI is InChI=1S/C28H33ClFN5O3/c29-18-4-5-20(22(30)15-18)17-3-6-23-21(14-17)27(37)35-13-12-33(16-25(35)26(36)32-23)28(38)24-2-1-11-34(24)19-7-9-31-10-8-19/h3-6,14-15,19,24-26,31-32,36H,1-2,7-13,16H2. The number of aliphatic hydroxyl groups excluding tert-OH is 1. The van der Waals surface area contributed by atoms with Crippen LogP contribution in [0, 0.1) is 5.82 Å². The maximum Gasteiger partial charge on any atom is 0.256 e. The molecule has 3 unspecified atom stereocenters. The molecule has 0 aromatic heterocycles. The van der Waals surface area contributed by atoms with E-state index in [0.717, 1.165) is 45.3 Å². The van der Waals surface area contributed by atoms with Gasteiger partial charge in [0.25, 0.3) is 5.91 Å². The average Bonchev–Trinajstić information content (AvgIpc) is 3.39. The smallest absolute Gasteiger partial charge is 0.256 e. The van der Waals surface area contributed by atoms with E-state index in [1.165, 1.54) is 6.07 Å². The highest BCUT2D eigenvalue weighted by molar-refractivity contribution is 6.30. The van der Waals surface area contributed by atoms with Gasteiger partial charge in [-0.2, -0.15) is 0 Å². The summed E-state index contributed by atoms with van der Waals surface area (Å²) < 4.78 is 14.6. The molecule has 6 rings (SSSR count). The lowest BCUT2D eigenvalue weighted by atomic mass is 10.0. The largest absolute Gasteiger partial charge is 0.372 e. The number of carbonyl (C=O) groups is 2. The molecular formula is C28H33ClFN5O3. The lowest BCUT2D eigenvalue weighted by molar-refractivity contribution is -0.140. The first-order valence-electron chi connectivity index (χ1n) is 13.5. The van der Waals surface area contributed by atoms with Gasteiger partial charge in [0, 0.05) is 41.9 Å². The van der Waals surface area contributed by atoms with Gasteiger partial charge in [0.2, 0.25) is 5.91 Å². The van der Waals surface area contributed by atoms with Gasteiger partial charge in [0.05, 0.1) is 17.6 Å². The van der Waals surface area contributed by atoms with Gasteiger partial charge in [-0.25, -0.2) is 4.39 Å². The summed E-state index contributed by atoms with van der Waals surface area (Å²) in [6.07, 6.45) is 2.92. The summed E-state index contributed by atoms with van der Waals surface area (Å²) >= 11 is 5.91. The van der Waals surface area contributed by atoms with Crippen molar-refractivity contribution in [1.29, 1.82) is 0 Å². The zero-order valence-electron chi connectivity index (χ0n) is 21.2. The lowest BCUT2D eigenvalue weighted by Crippen LogP contribution is -2.63. The number of anilines is 1. The number of nitrogens with zero attached hydrogens (tertiary/aromatic N) is 3. The van der Waals surface area contributed by atoms with E-state index in [0.29, 0.717) is 46.5 Å². The number of piperazine rings is 1. The summed E-state index contributed by atoms with van der Waals surface area (Å²) in [5, 5.41) is 17.9. The molecule has 8 nitrogen and oxygen atoms in total. The van der Waals surface area contributed by atoms with Crippen molar-refractivity contribution in [3.63, 3.8) is 0 Å². The monoisotopic (exact) mass is 541 g/mol. The Kier molecular flexibility index (Phi) is 7.03. The molecule has 3 fully saturated rings. The number of aliphatic hydroxyl groups is 1. The average molecular weight is 542 g/mol. The van der Waals surface area contributed by atoms with Crippen molar-refractivity contribution >= 4 is 29.1 Å². The van der Waals surface area contributed by atoms with E-state index >= 15 is 0 Å². The quantitative estimate of drug-likeness (QED) is 0.554. The highest BCUT2D eigenvalue weighted by Gasteiger charge is 2.44. The molecule has 0 aliphatic carbocycles. The molecule has 38 heavy (non-hydrogen) atoms. The van der Waals surface area contributed by atoms with Gasteiger partial charge in [0.15, 0.2) is 0 Å². The first kappa shape index (κ1) is 25.6. The normalized spacial score (nSPS) is 26.5. The summed E-state index contributed by atoms with van der Waals surface area (Å²) in [5.74, 6) is -0.612. The highest BCUT2D eigenvalue weighted by Crippen LogP contribution is 2.33. The van der Waals surface area contributed by atoms with Crippen LogP contribution in [0.5, 0.6) is 0 Å². The summed E-state index contributed by atoms with van der Waals surface area (Å²) in [7, 11) is 0. The van der Waals surface area contributed by atoms with Crippen LogP contribution in [0.25, 0.3) is 11.1 Å². The SMILES string of the molecule is O=C(C1CCCN1C1CCNCC1)N1CCN2C(=O)c3cc(-c4ccc(Cl)cc4F)ccc3NC(O)C2C1. The molecule has 4 heterocycles. The molecule has 3 atom stereocenters. The zero-order valence-corrected chi connectivity index (χ0v) is 22.0. The Balaban J connectivity index is 1.21. The number of fused-ring (bicyclic) bond motifs is 2. The topological polar surface area (TPSA) is 88.2 Å². The van der Waals surface area contributed by atoms with Crippen LogP contribution in [0.15, 0.2) is 36.4 Å². The minimum absolute atomic E-state index is 0.0996. The number of hydrogen-bond acceptors (Lipinski definition) is 6. The molecule has 0 radical (unpaired) electrons. The van der Waals surface area contributed by atoms with Crippen LogP contribution in [-0.4, -0.2) is 95.2 Å². The second-order valence-corrected chi connectivity index (χ2v) is 11.1. The Morgan fingerprint density at radius 2 is 1.84 bits per heavy atom. The predicted octanol–water partition coefficient (Wildman–Crippen LogP) is 2.76. The lowest BCUT2D eigenvalue weighted by Gasteiger charge is -2.44. The predicted molar refractivity (Wildman–Crippen MR) is 143 cm³/mol. The Hall–Kier alpha value is -2.72. The van der Waals surface area contributed by atoms with Crippen molar-refractivity contribution < 1.29 is 19.1 Å². The third-order valence-corrected chi connectivity index (χ3v) is 8.74. The van der Waals surface area contributed by atoms with Gasteiger partial charge in [-0.1, -0.05) is 17.7 Å². The minimum atomic E-state index is -1.04. The molecule has 0 saturated carbocycles. The van der Waals surface area contributed by atoms with Gasteiger partial charge in [-0.05, 0) is 81.2 Å². The number of benzene rings is 2. The van der Waals surface area contributed by atoms with Gasteiger partial charge in [-0.3, -0.25) is 14.5 Å². The number of likely N-dealkylation sites (tertiary alicyclic amines) is 1. The van der Waals surface area contributed by atoms with E-state index in [1.807, 2.05) is 4.90 Å². The van der Waals surface area contributed by atoms with Crippen LogP contribution < -0.4 is 10.6 Å². The number of halogens is 2. The van der Waals surface area contributed by atoms with Crippen LogP contribution in [-0.2, 0) is 4.79 Å². The molecular weight excluding hydrogens is 509 g/mol. The van der Waals surface area contributed by atoms with Crippen molar-refractivity contribution in [2.75, 3.05) is 44.6 Å². The summed E-state index contributed by atoms with van der Waals surface area (Å²) in [5.41, 5.74) is 1.75. The zero-order chi connectivity index (χ0) is 26.4. The van der Waals surface area contributed by atoms with Gasteiger partial charge >= 0.3 is 0 Å². The number of carbonyl (C=O) groups excluding carboxylic acids is 2. The van der Waals surface area contributed by atoms with E-state index in [2.05, 4.69) is 15.5 Å². The molecule has 202 valence electrons. The fraction of sp³-hybridized carbons (Fsp3) is 0.500. The number of hydrogen-bond donors (Lipinski definition) is 3.